The van der Waals surface area contributed by atoms with E-state index in [1.807, 2.05) is 30.3 Å². The smallest absolute Gasteiger partial charge is 0.327 e. The Labute approximate surface area is 261 Å². The lowest BCUT2D eigenvalue weighted by Crippen LogP contribution is -2.69. The molecule has 1 spiro atoms. The maximum Gasteiger partial charge on any atom is 0.327 e. The number of carbonyl (C=O) groups is 2. The van der Waals surface area contributed by atoms with Gasteiger partial charge in [-0.25, -0.2) is 0 Å². The molecular weight excluding hydrogens is 576 g/mol. The zero-order chi connectivity index (χ0) is 30.3. The predicted octanol–water partition coefficient (Wildman–Crippen LogP) is 2.45. The summed E-state index contributed by atoms with van der Waals surface area (Å²) in [5.41, 5.74) is 3.09. The van der Waals surface area contributed by atoms with Gasteiger partial charge in [0, 0.05) is 25.8 Å². The van der Waals surface area contributed by atoms with E-state index >= 15 is 0 Å². The number of amides is 1. The van der Waals surface area contributed by atoms with Crippen molar-refractivity contribution in [3.63, 3.8) is 0 Å². The largest absolute Gasteiger partial charge is 0.458 e. The lowest BCUT2D eigenvalue weighted by atomic mass is 9.62. The van der Waals surface area contributed by atoms with Crippen LogP contribution in [0.2, 0.25) is 0 Å². The summed E-state index contributed by atoms with van der Waals surface area (Å²) in [4.78, 5) is 34.7. The van der Waals surface area contributed by atoms with Gasteiger partial charge in [0.25, 0.3) is 0 Å². The highest BCUT2D eigenvalue weighted by Gasteiger charge is 2.76. The molecule has 0 radical (unpaired) electrons. The van der Waals surface area contributed by atoms with E-state index in [2.05, 4.69) is 35.7 Å². The van der Waals surface area contributed by atoms with Crippen molar-refractivity contribution in [3.8, 4) is 0 Å². The summed E-state index contributed by atoms with van der Waals surface area (Å²) in [6, 6.07) is 15.3. The van der Waals surface area contributed by atoms with Gasteiger partial charge in [-0.2, -0.15) is 5.06 Å². The summed E-state index contributed by atoms with van der Waals surface area (Å²) < 4.78 is 25.3. The Balaban J connectivity index is 1.03. The van der Waals surface area contributed by atoms with Crippen LogP contribution in [0.15, 0.2) is 54.6 Å². The number of rotatable bonds is 7. The number of benzene rings is 2. The molecule has 2 aromatic carbocycles. The van der Waals surface area contributed by atoms with Crippen LogP contribution in [-0.4, -0.2) is 83.7 Å². The van der Waals surface area contributed by atoms with Gasteiger partial charge >= 0.3 is 5.97 Å². The first-order valence-corrected chi connectivity index (χ1v) is 16.3. The fourth-order valence-electron chi connectivity index (χ4n) is 8.95. The summed E-state index contributed by atoms with van der Waals surface area (Å²) >= 11 is 0. The van der Waals surface area contributed by atoms with E-state index in [-0.39, 0.29) is 32.0 Å². The van der Waals surface area contributed by atoms with E-state index in [1.54, 1.807) is 5.06 Å². The lowest BCUT2D eigenvalue weighted by molar-refractivity contribution is -0.217. The van der Waals surface area contributed by atoms with Crippen molar-refractivity contribution in [1.82, 2.24) is 10.4 Å². The number of aliphatic hydroxyl groups is 1. The Morgan fingerprint density at radius 3 is 2.58 bits per heavy atom. The highest BCUT2D eigenvalue weighted by molar-refractivity contribution is 5.93. The number of hydrogen-bond donors (Lipinski definition) is 2. The average Bonchev–Trinajstić information content (AvgIpc) is 3.39. The number of epoxide rings is 1. The van der Waals surface area contributed by atoms with Crippen molar-refractivity contribution in [1.29, 1.82) is 0 Å². The normalized spacial score (nSPS) is 38.6. The van der Waals surface area contributed by atoms with Crippen LogP contribution in [0.25, 0.3) is 6.08 Å². The van der Waals surface area contributed by atoms with E-state index in [0.717, 1.165) is 30.4 Å². The Bertz CT molecular complexity index is 1540. The van der Waals surface area contributed by atoms with Gasteiger partial charge in [0.2, 0.25) is 5.91 Å². The van der Waals surface area contributed by atoms with Gasteiger partial charge < -0.3 is 29.4 Å². The van der Waals surface area contributed by atoms with Crippen LogP contribution < -0.4 is 5.32 Å². The Hall–Kier alpha value is -3.12. The van der Waals surface area contributed by atoms with Gasteiger partial charge in [0.05, 0.1) is 25.4 Å². The molecule has 3 unspecified atom stereocenters. The molecule has 2 N–H and O–H groups in total. The van der Waals surface area contributed by atoms with Gasteiger partial charge in [0.1, 0.15) is 29.8 Å². The van der Waals surface area contributed by atoms with Crippen LogP contribution in [0.4, 0.5) is 0 Å². The number of esters is 1. The monoisotopic (exact) mass is 614 g/mol. The molecule has 2 saturated carbocycles. The van der Waals surface area contributed by atoms with Gasteiger partial charge in [-0.1, -0.05) is 60.7 Å². The van der Waals surface area contributed by atoms with Gasteiger partial charge in [-0.3, -0.25) is 14.4 Å². The van der Waals surface area contributed by atoms with E-state index in [0.29, 0.717) is 31.0 Å². The molecule has 2 aromatic rings. The third kappa shape index (κ3) is 4.45. The van der Waals surface area contributed by atoms with E-state index in [9.17, 15) is 14.7 Å². The van der Waals surface area contributed by atoms with Crippen molar-refractivity contribution < 1.29 is 38.5 Å². The summed E-state index contributed by atoms with van der Waals surface area (Å²) in [6.45, 7) is 0.145. The number of ether oxygens (including phenoxy) is 4. The minimum atomic E-state index is -1.26. The molecule has 4 aliphatic heterocycles. The fraction of sp³-hybridized carbons (Fsp3) is 0.543. The quantitative estimate of drug-likeness (QED) is 0.358. The molecule has 7 aliphatic rings. The van der Waals surface area contributed by atoms with E-state index in [1.165, 1.54) is 11.1 Å². The third-order valence-corrected chi connectivity index (χ3v) is 11.1. The molecule has 0 aromatic heterocycles. The fourth-order valence-corrected chi connectivity index (χ4v) is 8.95. The molecule has 45 heavy (non-hydrogen) atoms. The average molecular weight is 615 g/mol. The maximum absolute atomic E-state index is 14.1. The summed E-state index contributed by atoms with van der Waals surface area (Å²) in [5, 5.41) is 14.0. The third-order valence-electron chi connectivity index (χ3n) is 11.1. The first-order chi connectivity index (χ1) is 22.0. The first kappa shape index (κ1) is 28.1. The van der Waals surface area contributed by atoms with Crippen molar-refractivity contribution in [3.05, 3.63) is 76.9 Å². The second-order valence-corrected chi connectivity index (χ2v) is 13.7. The van der Waals surface area contributed by atoms with Crippen LogP contribution in [-0.2, 0) is 52.8 Å². The summed E-state index contributed by atoms with van der Waals surface area (Å²) in [5.74, 6) is -1.26. The van der Waals surface area contributed by atoms with Crippen molar-refractivity contribution in [2.75, 3.05) is 13.2 Å². The molecule has 9 rings (SSSR count). The Kier molecular flexibility index (Phi) is 6.53. The standard InChI is InChI=1S/C35H38N2O8/c38-14-13-36-33(40)35-18-27-28-29(44-34(43-28)16-22-6-2-3-7-23(22)17-34)31(35)45-37(30(35)32(39)42-27)19-24-8-4-1-5-21(24)11-9-20-10-12-25-26(15-20)41-25/h1-9,11,20,25-31,38H,10,12-19H2,(H,36,40)/t20?,25?,26?,27-,28+,29+,30+,31-,35+/m1/s1. The Morgan fingerprint density at radius 2 is 1.78 bits per heavy atom. The number of aliphatic hydroxyl groups excluding tert-OH is 1. The molecule has 2 bridgehead atoms. The minimum Gasteiger partial charge on any atom is -0.458 e. The van der Waals surface area contributed by atoms with E-state index < -0.39 is 47.6 Å². The van der Waals surface area contributed by atoms with Gasteiger partial charge in [-0.15, -0.1) is 0 Å². The molecule has 3 aliphatic carbocycles. The molecule has 6 fully saturated rings. The van der Waals surface area contributed by atoms with Crippen LogP contribution in [0, 0.1) is 11.3 Å². The SMILES string of the molecule is O=C1O[C@@H]2C[C@@]3(C(=O)NCCO)[C@H](ON(Cc4ccccc4C=CC4CCC5OC5C4)[C@@H]13)[C@H]1OC3(Cc4ccccc4C3)O[C@H]12. The number of hydroxylamine groups is 2. The number of allylic oxidation sites excluding steroid dienone is 1. The van der Waals surface area contributed by atoms with Crippen LogP contribution in [0.5, 0.6) is 0 Å². The summed E-state index contributed by atoms with van der Waals surface area (Å²) in [6.07, 6.45) is 7.40. The number of nitrogens with one attached hydrogen (secondary N) is 1. The second kappa shape index (κ2) is 10.4. The number of carbonyl (C=O) groups excluding carboxylic acids is 2. The van der Waals surface area contributed by atoms with Crippen molar-refractivity contribution >= 4 is 18.0 Å². The molecule has 9 atom stereocenters. The van der Waals surface area contributed by atoms with Gasteiger partial charge in [-0.05, 0) is 47.4 Å². The van der Waals surface area contributed by atoms with Crippen molar-refractivity contribution in [2.45, 2.75) is 93.5 Å². The minimum absolute atomic E-state index is 0.0753. The molecule has 236 valence electrons. The van der Waals surface area contributed by atoms with Crippen molar-refractivity contribution in [2.24, 2.45) is 11.3 Å². The molecular formula is C35H38N2O8. The Morgan fingerprint density at radius 1 is 1.00 bits per heavy atom. The molecule has 4 saturated heterocycles. The number of fused-ring (bicyclic) bond motifs is 6. The first-order valence-electron chi connectivity index (χ1n) is 16.3. The maximum atomic E-state index is 14.1. The second-order valence-electron chi connectivity index (χ2n) is 13.7. The molecule has 10 nitrogen and oxygen atoms in total. The van der Waals surface area contributed by atoms with Crippen LogP contribution in [0.3, 0.4) is 0 Å². The molecule has 1 amide bonds. The zero-order valence-electron chi connectivity index (χ0n) is 25.0. The zero-order valence-corrected chi connectivity index (χ0v) is 25.0. The van der Waals surface area contributed by atoms with Gasteiger partial charge in [0.15, 0.2) is 11.8 Å². The van der Waals surface area contributed by atoms with Crippen LogP contribution in [0.1, 0.15) is 47.9 Å². The predicted molar refractivity (Wildman–Crippen MR) is 159 cm³/mol. The molecule has 10 heteroatoms. The van der Waals surface area contributed by atoms with Crippen LogP contribution >= 0.6 is 0 Å². The summed E-state index contributed by atoms with van der Waals surface area (Å²) in [7, 11) is 0. The highest BCUT2D eigenvalue weighted by atomic mass is 16.8. The topological polar surface area (TPSA) is 119 Å². The molecule has 4 heterocycles. The van der Waals surface area contributed by atoms with E-state index in [4.69, 9.17) is 23.8 Å². The number of hydrogen-bond acceptors (Lipinski definition) is 9. The lowest BCUT2D eigenvalue weighted by Gasteiger charge is -2.48. The highest BCUT2D eigenvalue weighted by Crippen LogP contribution is 2.58. The number of nitrogens with zero attached hydrogens (tertiary/aromatic N) is 1.